The first-order chi connectivity index (χ1) is 18.4. The van der Waals surface area contributed by atoms with Crippen LogP contribution in [0.25, 0.3) is 11.1 Å². The normalized spacial score (nSPS) is 14.6. The molecule has 210 valence electrons. The van der Waals surface area contributed by atoms with Crippen molar-refractivity contribution in [1.29, 1.82) is 0 Å². The molecule has 1 amide bonds. The summed E-state index contributed by atoms with van der Waals surface area (Å²) in [4.78, 5) is 27.8. The van der Waals surface area contributed by atoms with Crippen LogP contribution in [0.15, 0.2) is 42.5 Å². The van der Waals surface area contributed by atoms with Crippen molar-refractivity contribution in [2.75, 3.05) is 25.1 Å². The van der Waals surface area contributed by atoms with E-state index in [-0.39, 0.29) is 24.8 Å². The molecule has 0 radical (unpaired) electrons. The van der Waals surface area contributed by atoms with Crippen molar-refractivity contribution in [3.63, 3.8) is 0 Å². The SMILES string of the molecule is CCCCN(CCCc1ccc(C(=O)N[C@@H](CCSC)C(=O)O)c(-c2ccccc2C)c1)C1CCCCC1.[LiH]. The first kappa shape index (κ1) is 33.5. The summed E-state index contributed by atoms with van der Waals surface area (Å²) >= 11 is 1.58. The topological polar surface area (TPSA) is 69.6 Å². The molecule has 0 saturated heterocycles. The summed E-state index contributed by atoms with van der Waals surface area (Å²) in [6.45, 7) is 6.63. The molecule has 1 atom stereocenters. The Bertz CT molecular complexity index is 1040. The van der Waals surface area contributed by atoms with Crippen molar-refractivity contribution in [3.8, 4) is 11.1 Å². The Morgan fingerprint density at radius 2 is 1.77 bits per heavy atom. The number of nitrogens with one attached hydrogen (secondary N) is 1. The van der Waals surface area contributed by atoms with Gasteiger partial charge in [-0.15, -0.1) is 0 Å². The first-order valence-corrected chi connectivity index (χ1v) is 15.8. The molecule has 0 aliphatic heterocycles. The van der Waals surface area contributed by atoms with Crippen LogP contribution in [0.2, 0.25) is 0 Å². The van der Waals surface area contributed by atoms with Crippen LogP contribution >= 0.6 is 11.8 Å². The zero-order chi connectivity index (χ0) is 27.3. The standard InChI is InChI=1S/C32H46N2O3S.Li.H/c1-4-5-20-34(26-14-7-6-8-15-26)21-11-13-25-17-18-28(29(23-25)27-16-10-9-12-24(27)2)31(35)33-30(32(36)37)19-22-38-3;;/h9-10,12,16-18,23,26,30H,4-8,11,13-15,19-22H2,1-3H3,(H,33,35)(H,36,37);;/t30-;;/m0../s1. The van der Waals surface area contributed by atoms with Crippen LogP contribution in [0.1, 0.15) is 86.2 Å². The zero-order valence-corrected chi connectivity index (χ0v) is 24.3. The summed E-state index contributed by atoms with van der Waals surface area (Å²) in [5.41, 5.74) is 4.74. The zero-order valence-electron chi connectivity index (χ0n) is 23.5. The number of carbonyl (C=O) groups is 2. The van der Waals surface area contributed by atoms with E-state index in [1.54, 1.807) is 11.8 Å². The van der Waals surface area contributed by atoms with Gasteiger partial charge in [-0.3, -0.25) is 4.79 Å². The van der Waals surface area contributed by atoms with Gasteiger partial charge in [0.15, 0.2) is 0 Å². The molecule has 5 nitrogen and oxygen atoms in total. The Morgan fingerprint density at radius 3 is 2.44 bits per heavy atom. The second-order valence-electron chi connectivity index (χ2n) is 10.6. The van der Waals surface area contributed by atoms with E-state index < -0.39 is 12.0 Å². The number of aryl methyl sites for hydroxylation is 2. The van der Waals surface area contributed by atoms with E-state index in [1.807, 2.05) is 36.6 Å². The summed E-state index contributed by atoms with van der Waals surface area (Å²) in [6.07, 6.45) is 13.6. The molecule has 39 heavy (non-hydrogen) atoms. The number of aliphatic carboxylic acids is 1. The third-order valence-electron chi connectivity index (χ3n) is 7.78. The summed E-state index contributed by atoms with van der Waals surface area (Å²) in [6, 6.07) is 14.0. The molecule has 0 spiro atoms. The van der Waals surface area contributed by atoms with Crippen molar-refractivity contribution in [1.82, 2.24) is 10.2 Å². The molecule has 2 N–H and O–H groups in total. The number of carbonyl (C=O) groups excluding carboxylic acids is 1. The predicted molar refractivity (Wildman–Crippen MR) is 167 cm³/mol. The number of carboxylic acid groups (broad SMARTS) is 1. The van der Waals surface area contributed by atoms with Crippen molar-refractivity contribution in [3.05, 3.63) is 59.2 Å². The van der Waals surface area contributed by atoms with Gasteiger partial charge in [0.25, 0.3) is 5.91 Å². The number of hydrogen-bond acceptors (Lipinski definition) is 4. The monoisotopic (exact) mass is 546 g/mol. The van der Waals surface area contributed by atoms with E-state index in [1.165, 1.54) is 57.1 Å². The Morgan fingerprint density at radius 1 is 1.05 bits per heavy atom. The van der Waals surface area contributed by atoms with Gasteiger partial charge in [-0.1, -0.05) is 69.0 Å². The van der Waals surface area contributed by atoms with Gasteiger partial charge in [-0.05, 0) is 98.9 Å². The quantitative estimate of drug-likeness (QED) is 0.256. The van der Waals surface area contributed by atoms with Crippen LogP contribution in [0, 0.1) is 6.92 Å². The van der Waals surface area contributed by atoms with Gasteiger partial charge in [0.2, 0.25) is 0 Å². The molecular weight excluding hydrogens is 499 g/mol. The van der Waals surface area contributed by atoms with E-state index in [2.05, 4.69) is 36.2 Å². The van der Waals surface area contributed by atoms with E-state index in [0.717, 1.165) is 42.1 Å². The summed E-state index contributed by atoms with van der Waals surface area (Å²) in [5.74, 6) is -0.643. The second kappa shape index (κ2) is 17.9. The second-order valence-corrected chi connectivity index (χ2v) is 11.6. The van der Waals surface area contributed by atoms with Gasteiger partial charge in [0.05, 0.1) is 0 Å². The Kier molecular flexibility index (Phi) is 15.3. The minimum absolute atomic E-state index is 0. The summed E-state index contributed by atoms with van der Waals surface area (Å²) in [7, 11) is 0. The van der Waals surface area contributed by atoms with E-state index in [9.17, 15) is 14.7 Å². The van der Waals surface area contributed by atoms with Crippen molar-refractivity contribution < 1.29 is 14.7 Å². The van der Waals surface area contributed by atoms with E-state index in [0.29, 0.717) is 17.7 Å². The molecule has 7 heteroatoms. The number of hydrogen-bond donors (Lipinski definition) is 2. The maximum absolute atomic E-state index is 13.3. The third kappa shape index (κ3) is 10.3. The summed E-state index contributed by atoms with van der Waals surface area (Å²) in [5, 5.41) is 12.4. The Balaban J connectivity index is 0.00000533. The predicted octanol–water partition coefficient (Wildman–Crippen LogP) is 6.32. The maximum atomic E-state index is 13.3. The van der Waals surface area contributed by atoms with Crippen LogP contribution in [0.5, 0.6) is 0 Å². The average molecular weight is 547 g/mol. The molecule has 1 aliphatic carbocycles. The van der Waals surface area contributed by atoms with Gasteiger partial charge < -0.3 is 15.3 Å². The van der Waals surface area contributed by atoms with Gasteiger partial charge in [0.1, 0.15) is 6.04 Å². The number of unbranched alkanes of at least 4 members (excludes halogenated alkanes) is 1. The fourth-order valence-corrected chi connectivity index (χ4v) is 6.01. The fourth-order valence-electron chi connectivity index (χ4n) is 5.54. The van der Waals surface area contributed by atoms with Crippen LogP contribution < -0.4 is 5.32 Å². The number of thioether (sulfide) groups is 1. The molecule has 0 aromatic heterocycles. The molecule has 3 rings (SSSR count). The number of benzene rings is 2. The molecule has 1 fully saturated rings. The number of carboxylic acids is 1. The van der Waals surface area contributed by atoms with E-state index in [4.69, 9.17) is 0 Å². The third-order valence-corrected chi connectivity index (χ3v) is 8.42. The van der Waals surface area contributed by atoms with Crippen molar-refractivity contribution >= 4 is 42.5 Å². The Labute approximate surface area is 252 Å². The average Bonchev–Trinajstić information content (AvgIpc) is 2.93. The fraction of sp³-hybridized carbons (Fsp3) is 0.562. The van der Waals surface area contributed by atoms with E-state index >= 15 is 0 Å². The van der Waals surface area contributed by atoms with Crippen LogP contribution in [0.3, 0.4) is 0 Å². The molecular formula is C32H47LiN2O3S. The first-order valence-electron chi connectivity index (χ1n) is 14.4. The molecule has 0 bridgehead atoms. The van der Waals surface area contributed by atoms with Gasteiger partial charge in [-0.2, -0.15) is 11.8 Å². The molecule has 0 heterocycles. The molecule has 0 unspecified atom stereocenters. The number of rotatable bonds is 15. The molecule has 1 saturated carbocycles. The van der Waals surface area contributed by atoms with Crippen LogP contribution in [0.4, 0.5) is 0 Å². The van der Waals surface area contributed by atoms with Crippen molar-refractivity contribution in [2.45, 2.75) is 90.1 Å². The Hall–Kier alpha value is -1.71. The summed E-state index contributed by atoms with van der Waals surface area (Å²) < 4.78 is 0. The van der Waals surface area contributed by atoms with Gasteiger partial charge in [0, 0.05) is 11.6 Å². The van der Waals surface area contributed by atoms with Crippen LogP contribution in [-0.2, 0) is 11.2 Å². The van der Waals surface area contributed by atoms with Crippen LogP contribution in [-0.4, -0.2) is 77.9 Å². The number of amides is 1. The molecule has 1 aliphatic rings. The van der Waals surface area contributed by atoms with Crippen molar-refractivity contribution in [2.24, 2.45) is 0 Å². The number of nitrogens with zero attached hydrogens (tertiary/aromatic N) is 1. The minimum atomic E-state index is -0.993. The van der Waals surface area contributed by atoms with Gasteiger partial charge in [-0.25, -0.2) is 4.79 Å². The van der Waals surface area contributed by atoms with Gasteiger partial charge >= 0.3 is 24.8 Å². The molecule has 2 aromatic carbocycles. The molecule has 2 aromatic rings.